The molecule has 0 radical (unpaired) electrons. The molecule has 72 valence electrons. The van der Waals surface area contributed by atoms with Crippen molar-refractivity contribution in [2.75, 3.05) is 0 Å². The fraction of sp³-hybridized carbons (Fsp3) is 0.455. The van der Waals surface area contributed by atoms with E-state index < -0.39 is 8.89 Å². The fourth-order valence-electron chi connectivity index (χ4n) is 1.46. The number of hydrogen-bond donors (Lipinski definition) is 0. The van der Waals surface area contributed by atoms with Gasteiger partial charge in [0, 0.05) is 5.66 Å². The zero-order chi connectivity index (χ0) is 9.68. The molecule has 1 aliphatic rings. The van der Waals surface area contributed by atoms with Crippen LogP contribution in [0.25, 0.3) is 0 Å². The number of allylic oxidation sites excluding steroid dienone is 5. The lowest BCUT2D eigenvalue weighted by atomic mass is 9.94. The van der Waals surface area contributed by atoms with Crippen molar-refractivity contribution in [1.29, 1.82) is 0 Å². The molecule has 0 aromatic heterocycles. The third-order valence-electron chi connectivity index (χ3n) is 2.28. The van der Waals surface area contributed by atoms with Crippen LogP contribution in [-0.4, -0.2) is 5.66 Å². The van der Waals surface area contributed by atoms with E-state index in [-0.39, 0.29) is 5.66 Å². The average molecular weight is 198 g/mol. The Balaban J connectivity index is 2.43. The van der Waals surface area contributed by atoms with Crippen LogP contribution in [0, 0.1) is 5.92 Å². The summed E-state index contributed by atoms with van der Waals surface area (Å²) < 4.78 is 12.6. The summed E-state index contributed by atoms with van der Waals surface area (Å²) in [6, 6.07) is 0. The maximum absolute atomic E-state index is 12.6. The van der Waals surface area contributed by atoms with Gasteiger partial charge in [-0.2, -0.15) is 0 Å². The van der Waals surface area contributed by atoms with Crippen LogP contribution in [0.5, 0.6) is 0 Å². The first kappa shape index (κ1) is 10.7. The van der Waals surface area contributed by atoms with E-state index in [1.165, 1.54) is 5.57 Å². The van der Waals surface area contributed by atoms with Gasteiger partial charge in [0.25, 0.3) is 0 Å². The second-order valence-corrected chi connectivity index (χ2v) is 4.45. The van der Waals surface area contributed by atoms with Crippen LogP contribution in [0.1, 0.15) is 19.8 Å². The minimum absolute atomic E-state index is 0.115. The SMILES string of the molecule is C=C(C)CCC1C=CC=CC1PF. The molecule has 0 aromatic rings. The van der Waals surface area contributed by atoms with Crippen molar-refractivity contribution in [2.45, 2.75) is 25.4 Å². The van der Waals surface area contributed by atoms with Crippen LogP contribution >= 0.6 is 8.89 Å². The van der Waals surface area contributed by atoms with Gasteiger partial charge in [-0.25, -0.2) is 4.20 Å². The molecule has 0 amide bonds. The Morgan fingerprint density at radius 3 is 2.77 bits per heavy atom. The van der Waals surface area contributed by atoms with E-state index in [0.29, 0.717) is 5.92 Å². The highest BCUT2D eigenvalue weighted by Crippen LogP contribution is 2.34. The smallest absolute Gasteiger partial charge is 0.0747 e. The summed E-state index contributed by atoms with van der Waals surface area (Å²) in [4.78, 5) is 0. The molecule has 0 aliphatic heterocycles. The van der Waals surface area contributed by atoms with Crippen LogP contribution in [0.4, 0.5) is 4.20 Å². The van der Waals surface area contributed by atoms with Gasteiger partial charge in [-0.05, 0) is 25.7 Å². The molecule has 1 aliphatic carbocycles. The predicted molar refractivity (Wildman–Crippen MR) is 59.0 cm³/mol. The third-order valence-corrected chi connectivity index (χ3v) is 3.15. The molecular formula is C11H16FP. The average Bonchev–Trinajstić information content (AvgIpc) is 2.15. The van der Waals surface area contributed by atoms with Crippen molar-refractivity contribution in [2.24, 2.45) is 5.92 Å². The van der Waals surface area contributed by atoms with E-state index in [1.54, 1.807) is 0 Å². The number of halogens is 1. The zero-order valence-corrected chi connectivity index (χ0v) is 8.96. The topological polar surface area (TPSA) is 0 Å². The first-order valence-electron chi connectivity index (χ1n) is 4.59. The first-order valence-corrected chi connectivity index (χ1v) is 5.55. The molecule has 1 rings (SSSR count). The lowest BCUT2D eigenvalue weighted by Crippen LogP contribution is -2.12. The largest absolute Gasteiger partial charge is 0.230 e. The van der Waals surface area contributed by atoms with E-state index in [2.05, 4.69) is 12.7 Å². The first-order chi connectivity index (χ1) is 6.24. The van der Waals surface area contributed by atoms with Crippen LogP contribution in [0.15, 0.2) is 36.5 Å². The Labute approximate surface area is 81.5 Å². The molecule has 0 fully saturated rings. The Bertz CT molecular complexity index is 230. The summed E-state index contributed by atoms with van der Waals surface area (Å²) in [5.41, 5.74) is 1.30. The van der Waals surface area contributed by atoms with Gasteiger partial charge >= 0.3 is 0 Å². The summed E-state index contributed by atoms with van der Waals surface area (Å²) >= 11 is 0. The molecule has 3 unspecified atom stereocenters. The molecule has 0 bridgehead atoms. The summed E-state index contributed by atoms with van der Waals surface area (Å²) in [6.07, 6.45) is 10.1. The number of rotatable bonds is 4. The summed E-state index contributed by atoms with van der Waals surface area (Å²) in [6.45, 7) is 5.88. The second-order valence-electron chi connectivity index (χ2n) is 3.56. The van der Waals surface area contributed by atoms with Gasteiger partial charge < -0.3 is 0 Å². The van der Waals surface area contributed by atoms with Crippen molar-refractivity contribution < 1.29 is 4.20 Å². The maximum atomic E-state index is 12.6. The molecule has 0 spiro atoms. The van der Waals surface area contributed by atoms with Gasteiger partial charge in [0.15, 0.2) is 0 Å². The van der Waals surface area contributed by atoms with E-state index in [0.717, 1.165) is 12.8 Å². The van der Waals surface area contributed by atoms with Gasteiger partial charge in [0.1, 0.15) is 0 Å². The molecule has 13 heavy (non-hydrogen) atoms. The highest BCUT2D eigenvalue weighted by molar-refractivity contribution is 7.33. The van der Waals surface area contributed by atoms with Crippen LogP contribution in [0.3, 0.4) is 0 Å². The van der Waals surface area contributed by atoms with Gasteiger partial charge in [0.2, 0.25) is 0 Å². The Kier molecular flexibility index (Phi) is 4.38. The predicted octanol–water partition coefficient (Wildman–Crippen LogP) is 4.02. The molecule has 3 atom stereocenters. The lowest BCUT2D eigenvalue weighted by Gasteiger charge is -2.20. The lowest BCUT2D eigenvalue weighted by molar-refractivity contribution is 0.593. The molecule has 0 nitrogen and oxygen atoms in total. The van der Waals surface area contributed by atoms with Crippen molar-refractivity contribution in [3.8, 4) is 0 Å². The van der Waals surface area contributed by atoms with Gasteiger partial charge in [-0.3, -0.25) is 0 Å². The fourth-order valence-corrected chi connectivity index (χ4v) is 2.08. The monoisotopic (exact) mass is 198 g/mol. The highest BCUT2D eigenvalue weighted by Gasteiger charge is 2.18. The van der Waals surface area contributed by atoms with Crippen LogP contribution < -0.4 is 0 Å². The molecule has 0 N–H and O–H groups in total. The van der Waals surface area contributed by atoms with E-state index in [4.69, 9.17) is 0 Å². The Hall–Kier alpha value is -0.420. The van der Waals surface area contributed by atoms with Gasteiger partial charge in [0.05, 0.1) is 8.89 Å². The third kappa shape index (κ3) is 3.44. The normalized spacial score (nSPS) is 27.2. The van der Waals surface area contributed by atoms with Crippen molar-refractivity contribution >= 4 is 8.89 Å². The zero-order valence-electron chi connectivity index (χ0n) is 7.96. The van der Waals surface area contributed by atoms with Gasteiger partial charge in [-0.15, -0.1) is 6.58 Å². The van der Waals surface area contributed by atoms with Crippen molar-refractivity contribution in [1.82, 2.24) is 0 Å². The summed E-state index contributed by atoms with van der Waals surface area (Å²) in [7, 11) is -0.477. The highest BCUT2D eigenvalue weighted by atomic mass is 31.1. The van der Waals surface area contributed by atoms with E-state index in [1.807, 2.05) is 25.2 Å². The Morgan fingerprint density at radius 1 is 1.46 bits per heavy atom. The second kappa shape index (κ2) is 5.34. The van der Waals surface area contributed by atoms with E-state index in [9.17, 15) is 4.20 Å². The molecule has 0 saturated heterocycles. The van der Waals surface area contributed by atoms with Crippen LogP contribution in [0.2, 0.25) is 0 Å². The quantitative estimate of drug-likeness (QED) is 0.473. The molecule has 0 saturated carbocycles. The molecule has 0 aromatic carbocycles. The summed E-state index contributed by atoms with van der Waals surface area (Å²) in [5, 5.41) is 0. The minimum Gasteiger partial charge on any atom is -0.230 e. The van der Waals surface area contributed by atoms with E-state index >= 15 is 0 Å². The number of hydrogen-bond acceptors (Lipinski definition) is 0. The maximum Gasteiger partial charge on any atom is 0.0747 e. The van der Waals surface area contributed by atoms with Crippen molar-refractivity contribution in [3.05, 3.63) is 36.5 Å². The minimum atomic E-state index is -0.477. The van der Waals surface area contributed by atoms with Crippen LogP contribution in [-0.2, 0) is 0 Å². The summed E-state index contributed by atoms with van der Waals surface area (Å²) in [5.74, 6) is 0.380. The standard InChI is InChI=1S/C11H16FP/c1-9(2)7-8-10-5-3-4-6-11(10)13-12/h3-6,10-11,13H,1,7-8H2,2H3. The van der Waals surface area contributed by atoms with Gasteiger partial charge in [-0.1, -0.05) is 29.9 Å². The Morgan fingerprint density at radius 2 is 2.15 bits per heavy atom. The molecule has 2 heteroatoms. The molecule has 0 heterocycles. The van der Waals surface area contributed by atoms with Crippen molar-refractivity contribution in [3.63, 3.8) is 0 Å². The molecular weight excluding hydrogens is 182 g/mol.